The zero-order valence-corrected chi connectivity index (χ0v) is 14.5. The maximum atomic E-state index is 6.16. The highest BCUT2D eigenvalue weighted by Crippen LogP contribution is 2.27. The summed E-state index contributed by atoms with van der Waals surface area (Å²) in [5.41, 5.74) is 0. The second kappa shape index (κ2) is 6.54. The van der Waals surface area contributed by atoms with Crippen LogP contribution < -0.4 is 15.5 Å². The van der Waals surface area contributed by atoms with Crippen LogP contribution >= 0.6 is 23.8 Å². The zero-order valence-electron chi connectivity index (χ0n) is 13.0. The van der Waals surface area contributed by atoms with Crippen LogP contribution in [0, 0.1) is 11.8 Å². The normalized spacial score (nSPS) is 25.0. The van der Waals surface area contributed by atoms with Crippen molar-refractivity contribution in [3.05, 3.63) is 11.2 Å². The Bertz CT molecular complexity index is 553. The van der Waals surface area contributed by atoms with Gasteiger partial charge in [0.1, 0.15) is 11.0 Å². The predicted molar refractivity (Wildman–Crippen MR) is 94.6 cm³/mol. The second-order valence-corrected chi connectivity index (χ2v) is 7.39. The second-order valence-electron chi connectivity index (χ2n) is 6.60. The van der Waals surface area contributed by atoms with Crippen LogP contribution in [0.3, 0.4) is 0 Å². The number of piperidine rings is 1. The Kier molecular flexibility index (Phi) is 4.68. The number of rotatable bonds is 3. The lowest BCUT2D eigenvalue weighted by atomic mass is 9.92. The Morgan fingerprint density at radius 3 is 2.59 bits per heavy atom. The lowest BCUT2D eigenvalue weighted by molar-refractivity contribution is 0.355. The van der Waals surface area contributed by atoms with Crippen molar-refractivity contribution >= 4 is 40.7 Å². The summed E-state index contributed by atoms with van der Waals surface area (Å²) < 4.78 is 0. The van der Waals surface area contributed by atoms with Gasteiger partial charge in [-0.05, 0) is 43.3 Å². The molecule has 2 aliphatic rings. The average molecular weight is 340 g/mol. The summed E-state index contributed by atoms with van der Waals surface area (Å²) in [6.07, 6.45) is 3.61. The van der Waals surface area contributed by atoms with Crippen molar-refractivity contribution in [2.45, 2.75) is 39.2 Å². The maximum absolute atomic E-state index is 6.16. The van der Waals surface area contributed by atoms with Crippen LogP contribution in [-0.2, 0) is 0 Å². The Hall–Kier alpha value is -1.14. The van der Waals surface area contributed by atoms with Crippen molar-refractivity contribution in [2.75, 3.05) is 23.3 Å². The summed E-state index contributed by atoms with van der Waals surface area (Å²) in [4.78, 5) is 11.1. The molecule has 5 nitrogen and oxygen atoms in total. The molecule has 0 unspecified atom stereocenters. The number of nitrogens with one attached hydrogen (secondary N) is 2. The van der Waals surface area contributed by atoms with Gasteiger partial charge in [0.05, 0.1) is 0 Å². The van der Waals surface area contributed by atoms with E-state index in [4.69, 9.17) is 23.8 Å². The van der Waals surface area contributed by atoms with Gasteiger partial charge in [-0.3, -0.25) is 0 Å². The summed E-state index contributed by atoms with van der Waals surface area (Å²) in [6, 6.07) is 2.33. The fraction of sp³-hybridized carbons (Fsp3) is 0.667. The topological polar surface area (TPSA) is 53.1 Å². The molecule has 0 spiro atoms. The minimum Gasteiger partial charge on any atom is -0.360 e. The Morgan fingerprint density at radius 2 is 1.95 bits per heavy atom. The number of hydrogen-bond donors (Lipinski definition) is 2. The van der Waals surface area contributed by atoms with E-state index >= 15 is 0 Å². The van der Waals surface area contributed by atoms with E-state index in [1.165, 1.54) is 19.3 Å². The highest BCUT2D eigenvalue weighted by atomic mass is 35.5. The first-order valence-electron chi connectivity index (χ1n) is 7.86. The Balaban J connectivity index is 1.72. The van der Waals surface area contributed by atoms with E-state index in [0.29, 0.717) is 34.1 Å². The molecule has 0 aromatic carbocycles. The summed E-state index contributed by atoms with van der Waals surface area (Å²) in [7, 11) is 0. The molecule has 2 heterocycles. The largest absolute Gasteiger partial charge is 0.360 e. The number of anilines is 2. The molecule has 1 aromatic heterocycles. The molecule has 2 atom stereocenters. The van der Waals surface area contributed by atoms with Crippen LogP contribution in [0.2, 0.25) is 5.15 Å². The van der Waals surface area contributed by atoms with E-state index in [9.17, 15) is 0 Å². The first-order chi connectivity index (χ1) is 10.5. The van der Waals surface area contributed by atoms with Crippen LogP contribution in [-0.4, -0.2) is 34.2 Å². The highest BCUT2D eigenvalue weighted by molar-refractivity contribution is 7.80. The van der Waals surface area contributed by atoms with Gasteiger partial charge in [0.25, 0.3) is 0 Å². The molecule has 1 saturated carbocycles. The van der Waals surface area contributed by atoms with Gasteiger partial charge >= 0.3 is 0 Å². The first kappa shape index (κ1) is 15.7. The molecule has 1 saturated heterocycles. The molecule has 1 aliphatic carbocycles. The maximum Gasteiger partial charge on any atom is 0.232 e. The molecule has 22 heavy (non-hydrogen) atoms. The monoisotopic (exact) mass is 339 g/mol. The Morgan fingerprint density at radius 1 is 1.27 bits per heavy atom. The van der Waals surface area contributed by atoms with Crippen LogP contribution in [0.5, 0.6) is 0 Å². The standard InChI is InChI=1S/C15H22ClN5S/c1-9-5-10(2)8-21(7-9)13-6-12(16)18-14(19-13)20-15(22)17-11-3-4-11/h6,9-11H,3-5,7-8H2,1-2H3,(H2,17,18,19,20,22)/t9-,10+. The molecule has 1 aromatic rings. The van der Waals surface area contributed by atoms with E-state index < -0.39 is 0 Å². The number of halogens is 1. The number of aromatic nitrogens is 2. The molecule has 2 fully saturated rings. The lowest BCUT2D eigenvalue weighted by Crippen LogP contribution is -2.39. The van der Waals surface area contributed by atoms with Gasteiger partial charge in [-0.1, -0.05) is 25.4 Å². The minimum atomic E-state index is 0.438. The van der Waals surface area contributed by atoms with Gasteiger partial charge in [0.2, 0.25) is 5.95 Å². The van der Waals surface area contributed by atoms with Gasteiger partial charge in [-0.2, -0.15) is 4.98 Å². The first-order valence-corrected chi connectivity index (χ1v) is 8.65. The van der Waals surface area contributed by atoms with Gasteiger partial charge in [-0.15, -0.1) is 0 Å². The van der Waals surface area contributed by atoms with E-state index in [0.717, 1.165) is 18.9 Å². The molecule has 1 aliphatic heterocycles. The SMILES string of the molecule is C[C@@H]1C[C@H](C)CN(c2cc(Cl)nc(NC(=S)NC3CC3)n2)C1. The molecule has 120 valence electrons. The minimum absolute atomic E-state index is 0.438. The van der Waals surface area contributed by atoms with Crippen molar-refractivity contribution in [1.82, 2.24) is 15.3 Å². The fourth-order valence-electron chi connectivity index (χ4n) is 3.02. The van der Waals surface area contributed by atoms with E-state index in [1.54, 1.807) is 0 Å². The van der Waals surface area contributed by atoms with Gasteiger partial charge in [0.15, 0.2) is 5.11 Å². The zero-order chi connectivity index (χ0) is 15.7. The number of hydrogen-bond acceptors (Lipinski definition) is 4. The number of thiocarbonyl (C=S) groups is 1. The third-order valence-electron chi connectivity index (χ3n) is 4.01. The third kappa shape index (κ3) is 4.20. The lowest BCUT2D eigenvalue weighted by Gasteiger charge is -2.35. The van der Waals surface area contributed by atoms with Gasteiger partial charge in [-0.25, -0.2) is 4.98 Å². The molecule has 3 rings (SSSR count). The van der Waals surface area contributed by atoms with Crippen molar-refractivity contribution in [3.63, 3.8) is 0 Å². The van der Waals surface area contributed by atoms with Crippen LogP contribution in [0.25, 0.3) is 0 Å². The summed E-state index contributed by atoms with van der Waals surface area (Å²) in [5, 5.41) is 7.26. The van der Waals surface area contributed by atoms with Crippen LogP contribution in [0.1, 0.15) is 33.1 Å². The predicted octanol–water partition coefficient (Wildman–Crippen LogP) is 3.06. The molecule has 2 N–H and O–H groups in total. The summed E-state index contributed by atoms with van der Waals surface area (Å²) in [6.45, 7) is 6.56. The molecule has 0 amide bonds. The molecular formula is C15H22ClN5S. The third-order valence-corrected chi connectivity index (χ3v) is 4.43. The summed E-state index contributed by atoms with van der Waals surface area (Å²) in [5.74, 6) is 2.65. The molecule has 0 radical (unpaired) electrons. The van der Waals surface area contributed by atoms with Crippen LogP contribution in [0.15, 0.2) is 6.07 Å². The average Bonchev–Trinajstić information content (AvgIpc) is 3.20. The van der Waals surface area contributed by atoms with Crippen LogP contribution in [0.4, 0.5) is 11.8 Å². The van der Waals surface area contributed by atoms with Gasteiger partial charge in [0, 0.05) is 25.2 Å². The van der Waals surface area contributed by atoms with Crippen molar-refractivity contribution in [2.24, 2.45) is 11.8 Å². The smallest absolute Gasteiger partial charge is 0.232 e. The molecule has 0 bridgehead atoms. The Labute approximate surface area is 141 Å². The van der Waals surface area contributed by atoms with Gasteiger partial charge < -0.3 is 15.5 Å². The number of nitrogens with zero attached hydrogens (tertiary/aromatic N) is 3. The molecular weight excluding hydrogens is 318 g/mol. The van der Waals surface area contributed by atoms with E-state index in [1.807, 2.05) is 6.07 Å². The van der Waals surface area contributed by atoms with E-state index in [-0.39, 0.29) is 0 Å². The molecule has 7 heteroatoms. The van der Waals surface area contributed by atoms with Crippen molar-refractivity contribution < 1.29 is 0 Å². The van der Waals surface area contributed by atoms with Crippen molar-refractivity contribution in [1.29, 1.82) is 0 Å². The van der Waals surface area contributed by atoms with E-state index in [2.05, 4.69) is 39.3 Å². The quantitative estimate of drug-likeness (QED) is 0.652. The summed E-state index contributed by atoms with van der Waals surface area (Å²) >= 11 is 11.4. The highest BCUT2D eigenvalue weighted by Gasteiger charge is 2.24. The van der Waals surface area contributed by atoms with Crippen molar-refractivity contribution in [3.8, 4) is 0 Å². The fourth-order valence-corrected chi connectivity index (χ4v) is 3.46.